The Bertz CT molecular complexity index is 1320. The maximum atomic E-state index is 14.0. The van der Waals surface area contributed by atoms with Gasteiger partial charge in [-0.1, -0.05) is 101 Å². The number of hydrogen-bond acceptors (Lipinski definition) is 7. The molecule has 46 heavy (non-hydrogen) atoms. The van der Waals surface area contributed by atoms with Crippen LogP contribution in [-0.4, -0.2) is 66.0 Å². The third-order valence-corrected chi connectivity index (χ3v) is 8.34. The van der Waals surface area contributed by atoms with Crippen molar-refractivity contribution >= 4 is 29.8 Å². The maximum absolute atomic E-state index is 14.0. The van der Waals surface area contributed by atoms with Gasteiger partial charge >= 0.3 is 12.1 Å². The van der Waals surface area contributed by atoms with Crippen LogP contribution in [0.15, 0.2) is 60.7 Å². The topological polar surface area (TPSA) is 143 Å². The minimum atomic E-state index is -0.979. The normalized spacial score (nSPS) is 18.4. The van der Waals surface area contributed by atoms with Crippen molar-refractivity contribution in [2.24, 2.45) is 11.8 Å². The van der Waals surface area contributed by atoms with Crippen molar-refractivity contribution in [1.82, 2.24) is 20.9 Å². The summed E-state index contributed by atoms with van der Waals surface area (Å²) in [6.45, 7) is 9.02. The molecular weight excluding hydrogens is 588 g/mol. The lowest BCUT2D eigenvalue weighted by molar-refractivity contribution is -0.168. The molecule has 3 N–H and O–H groups in total. The highest BCUT2D eigenvalue weighted by molar-refractivity contribution is 5.96. The minimum absolute atomic E-state index is 0.0986. The van der Waals surface area contributed by atoms with E-state index in [1.165, 1.54) is 14.0 Å². The van der Waals surface area contributed by atoms with Gasteiger partial charge < -0.3 is 30.3 Å². The fraction of sp³-hybridized carbons (Fsp3) is 0.514. The van der Waals surface area contributed by atoms with Crippen LogP contribution in [0.3, 0.4) is 0 Å². The Hall–Kier alpha value is -4.41. The van der Waals surface area contributed by atoms with Gasteiger partial charge in [-0.2, -0.15) is 0 Å². The molecule has 11 heteroatoms. The third-order valence-electron chi connectivity index (χ3n) is 8.34. The predicted molar refractivity (Wildman–Crippen MR) is 173 cm³/mol. The summed E-state index contributed by atoms with van der Waals surface area (Å²) in [7, 11) is 1.25. The number of nitrogens with one attached hydrogen (secondary N) is 3. The Morgan fingerprint density at radius 3 is 2.07 bits per heavy atom. The monoisotopic (exact) mass is 636 g/mol. The van der Waals surface area contributed by atoms with Gasteiger partial charge in [0.2, 0.25) is 17.7 Å². The van der Waals surface area contributed by atoms with Crippen molar-refractivity contribution in [3.63, 3.8) is 0 Å². The second-order valence-electron chi connectivity index (χ2n) is 12.0. The number of benzene rings is 2. The molecule has 0 saturated carbocycles. The van der Waals surface area contributed by atoms with E-state index in [9.17, 15) is 24.0 Å². The summed E-state index contributed by atoms with van der Waals surface area (Å²) in [6, 6.07) is 15.0. The molecule has 2 aromatic carbocycles. The quantitative estimate of drug-likeness (QED) is 0.185. The number of carbonyl (C=O) groups is 5. The number of alkyl carbamates (subject to hydrolysis) is 1. The number of nitrogens with zero attached hydrogens (tertiary/aromatic N) is 1. The number of ether oxygens (including phenoxy) is 2. The van der Waals surface area contributed by atoms with E-state index in [1.807, 2.05) is 67.6 Å². The summed E-state index contributed by atoms with van der Waals surface area (Å²) in [6.07, 6.45) is 1.89. The first-order valence-electron chi connectivity index (χ1n) is 16.1. The molecule has 0 aromatic heterocycles. The first-order valence-corrected chi connectivity index (χ1v) is 16.1. The van der Waals surface area contributed by atoms with E-state index in [0.29, 0.717) is 12.8 Å². The Morgan fingerprint density at radius 1 is 0.870 bits per heavy atom. The zero-order valence-electron chi connectivity index (χ0n) is 27.7. The average Bonchev–Trinajstić information content (AvgIpc) is 3.05. The lowest BCUT2D eigenvalue weighted by Crippen LogP contribution is -2.67. The SMILES string of the molecule is CCCC[C@H](NC(=O)OCc1ccccc1)[C@@H]1C(=O)N([C@@H](CC)C(=O)N[C@@H](C)C(=O)N[C@H](C(=O)OC)C(C)C)[C@H]1c1ccccc1. The first kappa shape index (κ1) is 36.1. The Kier molecular flexibility index (Phi) is 13.6. The second-order valence-corrected chi connectivity index (χ2v) is 12.0. The van der Waals surface area contributed by atoms with E-state index < -0.39 is 60.0 Å². The van der Waals surface area contributed by atoms with Gasteiger partial charge in [0, 0.05) is 6.04 Å². The molecule has 1 heterocycles. The number of likely N-dealkylation sites (tertiary alicyclic amines) is 1. The van der Waals surface area contributed by atoms with Crippen molar-refractivity contribution in [2.75, 3.05) is 7.11 Å². The molecule has 1 aliphatic heterocycles. The number of esters is 1. The Balaban J connectivity index is 1.80. The van der Waals surface area contributed by atoms with Crippen molar-refractivity contribution in [3.05, 3.63) is 71.8 Å². The van der Waals surface area contributed by atoms with Gasteiger partial charge in [0.15, 0.2) is 0 Å². The molecule has 0 aliphatic carbocycles. The zero-order valence-corrected chi connectivity index (χ0v) is 27.7. The number of rotatable bonds is 16. The van der Waals surface area contributed by atoms with Gasteiger partial charge in [0.05, 0.1) is 19.1 Å². The van der Waals surface area contributed by atoms with Crippen LogP contribution >= 0.6 is 0 Å². The Morgan fingerprint density at radius 2 is 1.50 bits per heavy atom. The number of methoxy groups -OCH3 is 1. The fourth-order valence-electron chi connectivity index (χ4n) is 5.76. The summed E-state index contributed by atoms with van der Waals surface area (Å²) in [4.78, 5) is 67.2. The third kappa shape index (κ3) is 9.08. The molecule has 4 amide bonds. The van der Waals surface area contributed by atoms with Crippen molar-refractivity contribution < 1.29 is 33.4 Å². The lowest BCUT2D eigenvalue weighted by Gasteiger charge is -2.53. The smallest absolute Gasteiger partial charge is 0.407 e. The summed E-state index contributed by atoms with van der Waals surface area (Å²) in [5.41, 5.74) is 1.68. The van der Waals surface area contributed by atoms with E-state index in [4.69, 9.17) is 9.47 Å². The van der Waals surface area contributed by atoms with Crippen molar-refractivity contribution in [1.29, 1.82) is 0 Å². The van der Waals surface area contributed by atoms with Crippen LogP contribution in [0, 0.1) is 11.8 Å². The molecular formula is C35H48N4O7. The highest BCUT2D eigenvalue weighted by Gasteiger charge is 2.55. The van der Waals surface area contributed by atoms with E-state index in [0.717, 1.165) is 24.0 Å². The molecule has 11 nitrogen and oxygen atoms in total. The average molecular weight is 637 g/mol. The van der Waals surface area contributed by atoms with Crippen molar-refractivity contribution in [2.45, 2.75) is 97.1 Å². The van der Waals surface area contributed by atoms with Gasteiger partial charge in [0.1, 0.15) is 24.7 Å². The van der Waals surface area contributed by atoms with Crippen molar-refractivity contribution in [3.8, 4) is 0 Å². The summed E-state index contributed by atoms with van der Waals surface area (Å²) >= 11 is 0. The zero-order chi connectivity index (χ0) is 33.8. The van der Waals surface area contributed by atoms with Gasteiger partial charge in [-0.25, -0.2) is 9.59 Å². The summed E-state index contributed by atoms with van der Waals surface area (Å²) < 4.78 is 10.3. The summed E-state index contributed by atoms with van der Waals surface area (Å²) in [5, 5.41) is 8.33. The minimum Gasteiger partial charge on any atom is -0.467 e. The van der Waals surface area contributed by atoms with E-state index >= 15 is 0 Å². The molecule has 6 atom stereocenters. The molecule has 0 spiro atoms. The number of β-lactam (4-membered cyclic amide) rings is 1. The molecule has 1 saturated heterocycles. The Labute approximate surface area is 271 Å². The number of unbranched alkanes of at least 4 members (excludes halogenated alkanes) is 1. The fourth-order valence-corrected chi connectivity index (χ4v) is 5.76. The van der Waals surface area contributed by atoms with Crippen LogP contribution in [0.4, 0.5) is 4.79 Å². The molecule has 250 valence electrons. The van der Waals surface area contributed by atoms with Crippen LogP contribution in [0.2, 0.25) is 0 Å². The van der Waals surface area contributed by atoms with Crippen LogP contribution in [-0.2, 0) is 35.3 Å². The van der Waals surface area contributed by atoms with Crippen LogP contribution in [0.25, 0.3) is 0 Å². The van der Waals surface area contributed by atoms with Gasteiger partial charge in [-0.05, 0) is 36.8 Å². The molecule has 0 radical (unpaired) electrons. The lowest BCUT2D eigenvalue weighted by atomic mass is 9.74. The van der Waals surface area contributed by atoms with Crippen LogP contribution in [0.5, 0.6) is 0 Å². The van der Waals surface area contributed by atoms with Gasteiger partial charge in [-0.3, -0.25) is 14.4 Å². The number of amides is 4. The number of hydrogen-bond donors (Lipinski definition) is 3. The molecule has 1 fully saturated rings. The van der Waals surface area contributed by atoms with Gasteiger partial charge in [0.25, 0.3) is 0 Å². The molecule has 3 rings (SSSR count). The van der Waals surface area contributed by atoms with Gasteiger partial charge in [-0.15, -0.1) is 0 Å². The van der Waals surface area contributed by atoms with E-state index in [2.05, 4.69) is 16.0 Å². The van der Waals surface area contributed by atoms with Crippen LogP contribution < -0.4 is 16.0 Å². The molecule has 0 bridgehead atoms. The van der Waals surface area contributed by atoms with Crippen LogP contribution in [0.1, 0.15) is 77.5 Å². The largest absolute Gasteiger partial charge is 0.467 e. The molecule has 2 aromatic rings. The van der Waals surface area contributed by atoms with E-state index in [1.54, 1.807) is 25.7 Å². The maximum Gasteiger partial charge on any atom is 0.407 e. The first-order chi connectivity index (χ1) is 22.0. The summed E-state index contributed by atoms with van der Waals surface area (Å²) in [5.74, 6) is -2.72. The standard InChI is InChI=1S/C35H48N4O7/c1-7-9-20-26(37-35(44)46-21-24-16-12-10-13-17-24)28-30(25-18-14-11-15-19-25)39(33(28)42)27(8-2)32(41)36-23(5)31(40)38-29(22(3)4)34(43)45-6/h10-19,22-23,26-30H,7-9,20-21H2,1-6H3,(H,36,41)(H,37,44)(H,38,40)/t23-,26-,27-,28-,29-,30-/m0/s1. The predicted octanol–water partition coefficient (Wildman–Crippen LogP) is 4.27. The molecule has 1 aliphatic rings. The second kappa shape index (κ2) is 17.3. The number of carbonyl (C=O) groups excluding carboxylic acids is 5. The molecule has 0 unspecified atom stereocenters. The highest BCUT2D eigenvalue weighted by atomic mass is 16.5. The highest BCUT2D eigenvalue weighted by Crippen LogP contribution is 2.45. The van der Waals surface area contributed by atoms with E-state index in [-0.39, 0.29) is 18.4 Å².